The quantitative estimate of drug-likeness (QED) is 0.895. The number of rotatable bonds is 4. The standard InChI is InChI=1S/C16H19ClN4O2/c1-16(2,3)23-13-7-5-4-6-12(13)21-15(22)20-9-11-8-19-14(17)10-18-11/h4-8,10H,9H2,1-3H3,(H2,20,21,22). The first-order valence-corrected chi connectivity index (χ1v) is 7.50. The molecule has 0 aliphatic rings. The lowest BCUT2D eigenvalue weighted by molar-refractivity contribution is 0.132. The van der Waals surface area contributed by atoms with Crippen LogP contribution in [0.2, 0.25) is 5.15 Å². The van der Waals surface area contributed by atoms with Crippen LogP contribution in [0.25, 0.3) is 0 Å². The summed E-state index contributed by atoms with van der Waals surface area (Å²) in [6, 6.07) is 6.92. The van der Waals surface area contributed by atoms with Crippen molar-refractivity contribution in [2.45, 2.75) is 32.9 Å². The smallest absolute Gasteiger partial charge is 0.319 e. The maximum atomic E-state index is 12.0. The Balaban J connectivity index is 1.96. The van der Waals surface area contributed by atoms with Crippen molar-refractivity contribution >= 4 is 23.3 Å². The largest absolute Gasteiger partial charge is 0.486 e. The van der Waals surface area contributed by atoms with E-state index in [1.54, 1.807) is 6.07 Å². The molecule has 1 aromatic carbocycles. The molecule has 0 fully saturated rings. The summed E-state index contributed by atoms with van der Waals surface area (Å²) in [7, 11) is 0. The van der Waals surface area contributed by atoms with Gasteiger partial charge < -0.3 is 15.4 Å². The summed E-state index contributed by atoms with van der Waals surface area (Å²) in [6.45, 7) is 6.09. The van der Waals surface area contributed by atoms with Crippen molar-refractivity contribution in [3.63, 3.8) is 0 Å². The maximum Gasteiger partial charge on any atom is 0.319 e. The summed E-state index contributed by atoms with van der Waals surface area (Å²) in [5, 5.41) is 5.78. The minimum atomic E-state index is -0.355. The Hall–Kier alpha value is -2.34. The molecule has 2 amide bonds. The molecule has 0 aliphatic carbocycles. The molecule has 2 rings (SSSR count). The highest BCUT2D eigenvalue weighted by atomic mass is 35.5. The average Bonchev–Trinajstić information content (AvgIpc) is 2.47. The van der Waals surface area contributed by atoms with Crippen molar-refractivity contribution in [2.24, 2.45) is 0 Å². The zero-order valence-corrected chi connectivity index (χ0v) is 14.0. The molecular weight excluding hydrogens is 316 g/mol. The van der Waals surface area contributed by atoms with Gasteiger partial charge in [0.25, 0.3) is 0 Å². The molecule has 23 heavy (non-hydrogen) atoms. The second-order valence-corrected chi connectivity index (χ2v) is 6.24. The molecule has 0 aliphatic heterocycles. The lowest BCUT2D eigenvalue weighted by Gasteiger charge is -2.23. The molecule has 0 saturated carbocycles. The molecule has 2 aromatic rings. The Morgan fingerprint density at radius 2 is 1.96 bits per heavy atom. The van der Waals surface area contributed by atoms with Crippen molar-refractivity contribution < 1.29 is 9.53 Å². The third-order valence-corrected chi connectivity index (χ3v) is 2.85. The zero-order chi connectivity index (χ0) is 16.9. The number of hydrogen-bond acceptors (Lipinski definition) is 4. The first kappa shape index (κ1) is 17.0. The van der Waals surface area contributed by atoms with Crippen molar-refractivity contribution in [1.82, 2.24) is 15.3 Å². The van der Waals surface area contributed by atoms with Crippen LogP contribution in [0.5, 0.6) is 5.75 Å². The third-order valence-electron chi connectivity index (χ3n) is 2.66. The van der Waals surface area contributed by atoms with E-state index in [1.165, 1.54) is 12.4 Å². The number of carbonyl (C=O) groups is 1. The van der Waals surface area contributed by atoms with E-state index in [2.05, 4.69) is 20.6 Å². The van der Waals surface area contributed by atoms with Gasteiger partial charge in [-0.1, -0.05) is 23.7 Å². The van der Waals surface area contributed by atoms with Gasteiger partial charge in [0.15, 0.2) is 0 Å². The summed E-state index contributed by atoms with van der Waals surface area (Å²) >= 11 is 5.66. The van der Waals surface area contributed by atoms with Gasteiger partial charge in [-0.05, 0) is 32.9 Å². The Bertz CT molecular complexity index is 669. The van der Waals surface area contributed by atoms with Crippen LogP contribution in [-0.4, -0.2) is 21.6 Å². The van der Waals surface area contributed by atoms with Crippen molar-refractivity contribution in [3.05, 3.63) is 47.5 Å². The van der Waals surface area contributed by atoms with E-state index in [-0.39, 0.29) is 18.2 Å². The fourth-order valence-corrected chi connectivity index (χ4v) is 1.85. The summed E-state index contributed by atoms with van der Waals surface area (Å²) in [6.07, 6.45) is 2.95. The molecule has 122 valence electrons. The van der Waals surface area contributed by atoms with Gasteiger partial charge in [0.1, 0.15) is 16.5 Å². The van der Waals surface area contributed by atoms with E-state index in [4.69, 9.17) is 16.3 Å². The molecule has 1 aromatic heterocycles. The van der Waals surface area contributed by atoms with Crippen molar-refractivity contribution in [1.29, 1.82) is 0 Å². The molecule has 0 unspecified atom stereocenters. The predicted molar refractivity (Wildman–Crippen MR) is 89.7 cm³/mol. The normalized spacial score (nSPS) is 11.0. The molecule has 0 spiro atoms. The van der Waals surface area contributed by atoms with E-state index < -0.39 is 0 Å². The van der Waals surface area contributed by atoms with E-state index in [0.717, 1.165) is 0 Å². The van der Waals surface area contributed by atoms with Crippen LogP contribution in [0.3, 0.4) is 0 Å². The van der Waals surface area contributed by atoms with Crippen LogP contribution in [0.1, 0.15) is 26.5 Å². The SMILES string of the molecule is CC(C)(C)Oc1ccccc1NC(=O)NCc1cnc(Cl)cn1. The molecule has 6 nitrogen and oxygen atoms in total. The Morgan fingerprint density at radius 3 is 2.61 bits per heavy atom. The minimum Gasteiger partial charge on any atom is -0.486 e. The van der Waals surface area contributed by atoms with Gasteiger partial charge in [-0.15, -0.1) is 0 Å². The molecule has 2 N–H and O–H groups in total. The molecule has 0 saturated heterocycles. The van der Waals surface area contributed by atoms with Crippen LogP contribution < -0.4 is 15.4 Å². The van der Waals surface area contributed by atoms with Crippen LogP contribution in [-0.2, 0) is 6.54 Å². The first-order chi connectivity index (χ1) is 10.8. The summed E-state index contributed by atoms with van der Waals surface area (Å²) in [5.41, 5.74) is 0.860. The Kier molecular flexibility index (Phi) is 5.39. The van der Waals surface area contributed by atoms with Crippen LogP contribution in [0.15, 0.2) is 36.7 Å². The fraction of sp³-hybridized carbons (Fsp3) is 0.312. The predicted octanol–water partition coefficient (Wildman–Crippen LogP) is 3.63. The average molecular weight is 335 g/mol. The number of amides is 2. The molecule has 7 heteroatoms. The van der Waals surface area contributed by atoms with Gasteiger partial charge in [-0.25, -0.2) is 9.78 Å². The van der Waals surface area contributed by atoms with E-state index in [0.29, 0.717) is 22.3 Å². The first-order valence-electron chi connectivity index (χ1n) is 7.13. The molecule has 0 atom stereocenters. The fourth-order valence-electron chi connectivity index (χ4n) is 1.76. The number of nitrogens with zero attached hydrogens (tertiary/aromatic N) is 2. The highest BCUT2D eigenvalue weighted by Crippen LogP contribution is 2.27. The second kappa shape index (κ2) is 7.28. The highest BCUT2D eigenvalue weighted by molar-refractivity contribution is 6.29. The third kappa shape index (κ3) is 5.75. The monoisotopic (exact) mass is 334 g/mol. The number of halogens is 1. The van der Waals surface area contributed by atoms with Crippen LogP contribution >= 0.6 is 11.6 Å². The molecule has 1 heterocycles. The number of hydrogen-bond donors (Lipinski definition) is 2. The Morgan fingerprint density at radius 1 is 1.22 bits per heavy atom. The number of urea groups is 1. The maximum absolute atomic E-state index is 12.0. The van der Waals surface area contributed by atoms with E-state index in [1.807, 2.05) is 39.0 Å². The summed E-state index contributed by atoms with van der Waals surface area (Å²) in [4.78, 5) is 20.0. The van der Waals surface area contributed by atoms with Crippen molar-refractivity contribution in [2.75, 3.05) is 5.32 Å². The number of carbonyl (C=O) groups excluding carboxylic acids is 1. The van der Waals surface area contributed by atoms with E-state index >= 15 is 0 Å². The number of anilines is 1. The van der Waals surface area contributed by atoms with Gasteiger partial charge in [0.05, 0.1) is 30.3 Å². The van der Waals surface area contributed by atoms with Gasteiger partial charge in [-0.3, -0.25) is 4.98 Å². The lowest BCUT2D eigenvalue weighted by atomic mass is 10.2. The number of benzene rings is 1. The number of aromatic nitrogens is 2. The van der Waals surface area contributed by atoms with Gasteiger partial charge in [0.2, 0.25) is 0 Å². The minimum absolute atomic E-state index is 0.248. The summed E-state index contributed by atoms with van der Waals surface area (Å²) < 4.78 is 5.83. The Labute approximate surface area is 140 Å². The van der Waals surface area contributed by atoms with Crippen LogP contribution in [0, 0.1) is 0 Å². The van der Waals surface area contributed by atoms with E-state index in [9.17, 15) is 4.79 Å². The van der Waals surface area contributed by atoms with Crippen molar-refractivity contribution in [3.8, 4) is 5.75 Å². The number of ether oxygens (including phenoxy) is 1. The highest BCUT2D eigenvalue weighted by Gasteiger charge is 2.15. The zero-order valence-electron chi connectivity index (χ0n) is 13.3. The number of para-hydroxylation sites is 2. The van der Waals surface area contributed by atoms with Gasteiger partial charge in [-0.2, -0.15) is 0 Å². The van der Waals surface area contributed by atoms with Gasteiger partial charge >= 0.3 is 6.03 Å². The summed E-state index contributed by atoms with van der Waals surface area (Å²) in [5.74, 6) is 0.612. The topological polar surface area (TPSA) is 76.1 Å². The molecule has 0 bridgehead atoms. The number of nitrogens with one attached hydrogen (secondary N) is 2. The molecular formula is C16H19ClN4O2. The second-order valence-electron chi connectivity index (χ2n) is 5.85. The van der Waals surface area contributed by atoms with Crippen LogP contribution in [0.4, 0.5) is 10.5 Å². The lowest BCUT2D eigenvalue weighted by Crippen LogP contribution is -2.29. The van der Waals surface area contributed by atoms with Gasteiger partial charge in [0, 0.05) is 0 Å². The molecule has 0 radical (unpaired) electrons.